The molecule has 1 amide bonds. The molecule has 25 heavy (non-hydrogen) atoms. The molecule has 10 heteroatoms. The normalized spacial score (nSPS) is 11.4. The number of sulfonamides is 1. The predicted octanol–water partition coefficient (Wildman–Crippen LogP) is 3.22. The number of thiazole rings is 1. The van der Waals surface area contributed by atoms with E-state index in [9.17, 15) is 13.2 Å². The number of carbonyl (C=O) groups excluding carboxylic acids is 1. The molecular weight excluding hydrogens is 386 g/mol. The minimum atomic E-state index is -3.74. The zero-order valence-electron chi connectivity index (χ0n) is 12.8. The maximum absolute atomic E-state index is 12.2. The van der Waals surface area contributed by atoms with Crippen LogP contribution in [0.5, 0.6) is 0 Å². The van der Waals surface area contributed by atoms with Crippen LogP contribution in [-0.4, -0.2) is 26.4 Å². The molecule has 7 nitrogen and oxygen atoms in total. The Bertz CT molecular complexity index is 1030. The Labute approximate surface area is 152 Å². The SMILES string of the molecule is CNS(=O)(=O)c1cc(C(=O)Nc2nc(-c3ccccc3Cl)cs2)co1. The molecule has 0 radical (unpaired) electrons. The van der Waals surface area contributed by atoms with Gasteiger partial charge in [-0.15, -0.1) is 11.3 Å². The number of nitrogens with zero attached hydrogens (tertiary/aromatic N) is 1. The molecule has 130 valence electrons. The first kappa shape index (κ1) is 17.6. The number of hydrogen-bond acceptors (Lipinski definition) is 6. The van der Waals surface area contributed by atoms with Gasteiger partial charge in [0.25, 0.3) is 15.9 Å². The molecule has 0 bridgehead atoms. The van der Waals surface area contributed by atoms with Gasteiger partial charge in [0.2, 0.25) is 5.09 Å². The lowest BCUT2D eigenvalue weighted by Gasteiger charge is -2.00. The van der Waals surface area contributed by atoms with Gasteiger partial charge in [-0.25, -0.2) is 18.1 Å². The third kappa shape index (κ3) is 3.74. The average molecular weight is 398 g/mol. The molecule has 2 aromatic heterocycles. The van der Waals surface area contributed by atoms with Crippen molar-refractivity contribution in [3.05, 3.63) is 52.6 Å². The number of anilines is 1. The molecule has 0 atom stereocenters. The van der Waals surface area contributed by atoms with E-state index in [2.05, 4.69) is 15.0 Å². The van der Waals surface area contributed by atoms with E-state index in [1.807, 2.05) is 18.2 Å². The smallest absolute Gasteiger partial charge is 0.273 e. The number of rotatable bonds is 5. The van der Waals surface area contributed by atoms with Crippen LogP contribution in [0.3, 0.4) is 0 Å². The van der Waals surface area contributed by atoms with Crippen molar-refractivity contribution in [1.29, 1.82) is 0 Å². The van der Waals surface area contributed by atoms with Gasteiger partial charge in [-0.2, -0.15) is 0 Å². The van der Waals surface area contributed by atoms with Crippen molar-refractivity contribution in [3.63, 3.8) is 0 Å². The molecule has 0 aliphatic heterocycles. The Morgan fingerprint density at radius 1 is 1.32 bits per heavy atom. The van der Waals surface area contributed by atoms with Gasteiger partial charge in [0.15, 0.2) is 5.13 Å². The molecule has 0 saturated heterocycles. The second kappa shape index (κ2) is 6.96. The van der Waals surface area contributed by atoms with Gasteiger partial charge in [-0.05, 0) is 13.1 Å². The fourth-order valence-electron chi connectivity index (χ4n) is 1.97. The van der Waals surface area contributed by atoms with E-state index in [0.717, 1.165) is 17.9 Å². The van der Waals surface area contributed by atoms with E-state index in [0.29, 0.717) is 15.8 Å². The molecule has 0 saturated carbocycles. The fraction of sp³-hybridized carbons (Fsp3) is 0.0667. The minimum Gasteiger partial charge on any atom is -0.451 e. The monoisotopic (exact) mass is 397 g/mol. The van der Waals surface area contributed by atoms with Crippen LogP contribution in [-0.2, 0) is 10.0 Å². The zero-order chi connectivity index (χ0) is 18.0. The van der Waals surface area contributed by atoms with Crippen molar-refractivity contribution < 1.29 is 17.6 Å². The van der Waals surface area contributed by atoms with Crippen molar-refractivity contribution in [1.82, 2.24) is 9.71 Å². The molecule has 0 spiro atoms. The van der Waals surface area contributed by atoms with Crippen LogP contribution in [0.25, 0.3) is 11.3 Å². The van der Waals surface area contributed by atoms with Crippen molar-refractivity contribution >= 4 is 44.0 Å². The molecule has 0 aliphatic carbocycles. The Morgan fingerprint density at radius 2 is 2.08 bits per heavy atom. The summed E-state index contributed by atoms with van der Waals surface area (Å²) in [4.78, 5) is 16.5. The summed E-state index contributed by atoms with van der Waals surface area (Å²) in [5, 5.41) is 4.95. The average Bonchev–Trinajstić information content (AvgIpc) is 3.25. The number of hydrogen-bond donors (Lipinski definition) is 2. The molecule has 1 aromatic carbocycles. The van der Waals surface area contributed by atoms with Crippen LogP contribution in [0.1, 0.15) is 10.4 Å². The maximum Gasteiger partial charge on any atom is 0.273 e. The standard InChI is InChI=1S/C15H12ClN3O4S2/c1-17-25(21,22)13-6-9(7-23-13)14(20)19-15-18-12(8-24-15)10-4-2-3-5-11(10)16/h2-8,17H,1H3,(H,18,19,20). The predicted molar refractivity (Wildman–Crippen MR) is 95.5 cm³/mol. The van der Waals surface area contributed by atoms with Crippen molar-refractivity contribution in [2.45, 2.75) is 5.09 Å². The quantitative estimate of drug-likeness (QED) is 0.688. The number of carbonyl (C=O) groups is 1. The van der Waals surface area contributed by atoms with Gasteiger partial charge in [-0.1, -0.05) is 29.8 Å². The summed E-state index contributed by atoms with van der Waals surface area (Å²) in [5.74, 6) is -0.527. The van der Waals surface area contributed by atoms with Gasteiger partial charge in [0.1, 0.15) is 6.26 Å². The van der Waals surface area contributed by atoms with E-state index < -0.39 is 15.9 Å². The summed E-state index contributed by atoms with van der Waals surface area (Å²) >= 11 is 7.36. The van der Waals surface area contributed by atoms with Crippen LogP contribution < -0.4 is 10.0 Å². The van der Waals surface area contributed by atoms with Crippen molar-refractivity contribution in [3.8, 4) is 11.3 Å². The Balaban J connectivity index is 1.78. The lowest BCUT2D eigenvalue weighted by Crippen LogP contribution is -2.18. The minimum absolute atomic E-state index is 0.0725. The van der Waals surface area contributed by atoms with Crippen LogP contribution in [0.4, 0.5) is 5.13 Å². The van der Waals surface area contributed by atoms with E-state index in [1.54, 1.807) is 11.4 Å². The summed E-state index contributed by atoms with van der Waals surface area (Å²) in [7, 11) is -2.49. The van der Waals surface area contributed by atoms with Gasteiger partial charge < -0.3 is 4.42 Å². The van der Waals surface area contributed by atoms with Crippen molar-refractivity contribution in [2.75, 3.05) is 12.4 Å². The van der Waals surface area contributed by atoms with Crippen LogP contribution in [0.2, 0.25) is 5.02 Å². The lowest BCUT2D eigenvalue weighted by atomic mass is 10.2. The van der Waals surface area contributed by atoms with Crippen LogP contribution in [0.15, 0.2) is 51.5 Å². The van der Waals surface area contributed by atoms with E-state index in [4.69, 9.17) is 16.0 Å². The van der Waals surface area contributed by atoms with E-state index in [1.165, 1.54) is 18.4 Å². The summed E-state index contributed by atoms with van der Waals surface area (Å²) in [6.07, 6.45) is 1.07. The van der Waals surface area contributed by atoms with Gasteiger partial charge in [0, 0.05) is 22.0 Å². The zero-order valence-corrected chi connectivity index (χ0v) is 15.2. The molecule has 0 unspecified atom stereocenters. The van der Waals surface area contributed by atoms with Crippen LogP contribution in [0, 0.1) is 0 Å². The highest BCUT2D eigenvalue weighted by molar-refractivity contribution is 7.89. The summed E-state index contributed by atoms with van der Waals surface area (Å²) in [6.45, 7) is 0. The number of halogens is 1. The number of nitrogens with one attached hydrogen (secondary N) is 2. The van der Waals surface area contributed by atoms with Crippen molar-refractivity contribution in [2.24, 2.45) is 0 Å². The topological polar surface area (TPSA) is 101 Å². The summed E-state index contributed by atoms with van der Waals surface area (Å²) in [5.41, 5.74) is 1.46. The van der Waals surface area contributed by atoms with Crippen LogP contribution >= 0.6 is 22.9 Å². The molecule has 3 aromatic rings. The van der Waals surface area contributed by atoms with E-state index >= 15 is 0 Å². The van der Waals surface area contributed by atoms with E-state index in [-0.39, 0.29) is 10.7 Å². The van der Waals surface area contributed by atoms with Gasteiger partial charge >= 0.3 is 0 Å². The first-order chi connectivity index (χ1) is 11.9. The molecule has 0 fully saturated rings. The number of benzene rings is 1. The highest BCUT2D eigenvalue weighted by Crippen LogP contribution is 2.30. The third-order valence-corrected chi connectivity index (χ3v) is 5.61. The maximum atomic E-state index is 12.2. The first-order valence-corrected chi connectivity index (χ1v) is 9.68. The fourth-order valence-corrected chi connectivity index (χ4v) is 3.57. The lowest BCUT2D eigenvalue weighted by molar-refractivity contribution is 0.102. The second-order valence-electron chi connectivity index (χ2n) is 4.83. The Hall–Kier alpha value is -2.20. The van der Waals surface area contributed by atoms with Gasteiger partial charge in [-0.3, -0.25) is 10.1 Å². The molecule has 2 heterocycles. The number of amides is 1. The molecule has 3 rings (SSSR count). The largest absolute Gasteiger partial charge is 0.451 e. The highest BCUT2D eigenvalue weighted by Gasteiger charge is 2.20. The highest BCUT2D eigenvalue weighted by atomic mass is 35.5. The first-order valence-electron chi connectivity index (χ1n) is 6.94. The number of aromatic nitrogens is 1. The second-order valence-corrected chi connectivity index (χ2v) is 7.92. The third-order valence-electron chi connectivity index (χ3n) is 3.25. The number of furan rings is 1. The molecular formula is C15H12ClN3O4S2. The molecule has 2 N–H and O–H groups in total. The molecule has 0 aliphatic rings. The van der Waals surface area contributed by atoms with Gasteiger partial charge in [0.05, 0.1) is 11.3 Å². The Kier molecular flexibility index (Phi) is 4.91. The summed E-state index contributed by atoms with van der Waals surface area (Å²) < 4.78 is 30.3. The Morgan fingerprint density at radius 3 is 2.80 bits per heavy atom. The summed E-state index contributed by atoms with van der Waals surface area (Å²) in [6, 6.07) is 8.38.